The smallest absolute Gasteiger partial charge is 0.210 e. The Bertz CT molecular complexity index is 661. The van der Waals surface area contributed by atoms with Crippen molar-refractivity contribution in [2.75, 3.05) is 6.54 Å². The van der Waals surface area contributed by atoms with Crippen LogP contribution in [0.2, 0.25) is 0 Å². The summed E-state index contributed by atoms with van der Waals surface area (Å²) in [6.07, 6.45) is 0. The van der Waals surface area contributed by atoms with Crippen molar-refractivity contribution in [3.8, 4) is 0 Å². The molecule has 1 heterocycles. The van der Waals surface area contributed by atoms with Gasteiger partial charge in [-0.05, 0) is 46.0 Å². The van der Waals surface area contributed by atoms with Crippen LogP contribution in [0, 0.1) is 6.92 Å². The standard InChI is InChI=1S/C14H16BrNO2S2/c1-10-8-13(19-14(10)15)20(17,18)16-9-11(2)12-6-4-3-5-7-12/h3-8,11,16H,9H2,1-2H3. The number of hydrogen-bond donors (Lipinski definition) is 1. The zero-order chi connectivity index (χ0) is 14.8. The van der Waals surface area contributed by atoms with Gasteiger partial charge in [-0.2, -0.15) is 0 Å². The molecule has 1 N–H and O–H groups in total. The first-order chi connectivity index (χ1) is 9.40. The van der Waals surface area contributed by atoms with E-state index in [2.05, 4.69) is 20.7 Å². The second-order valence-electron chi connectivity index (χ2n) is 4.69. The summed E-state index contributed by atoms with van der Waals surface area (Å²) >= 11 is 4.59. The fraction of sp³-hybridized carbons (Fsp3) is 0.286. The molecule has 0 saturated heterocycles. The van der Waals surface area contributed by atoms with Crippen LogP contribution in [0.25, 0.3) is 0 Å². The molecule has 0 aliphatic rings. The van der Waals surface area contributed by atoms with Gasteiger partial charge in [0.1, 0.15) is 4.21 Å². The van der Waals surface area contributed by atoms with E-state index in [0.717, 1.165) is 14.9 Å². The van der Waals surface area contributed by atoms with Gasteiger partial charge in [-0.15, -0.1) is 11.3 Å². The molecule has 20 heavy (non-hydrogen) atoms. The van der Waals surface area contributed by atoms with Crippen LogP contribution < -0.4 is 4.72 Å². The minimum Gasteiger partial charge on any atom is -0.210 e. The van der Waals surface area contributed by atoms with Crippen LogP contribution in [0.5, 0.6) is 0 Å². The fourth-order valence-electron chi connectivity index (χ4n) is 1.77. The Morgan fingerprint density at radius 3 is 2.50 bits per heavy atom. The SMILES string of the molecule is Cc1cc(S(=O)(=O)NCC(C)c2ccccc2)sc1Br. The minimum atomic E-state index is -3.43. The summed E-state index contributed by atoms with van der Waals surface area (Å²) in [5.74, 6) is 0.135. The molecule has 0 aliphatic heterocycles. The highest BCUT2D eigenvalue weighted by Gasteiger charge is 2.19. The number of benzene rings is 1. The number of sulfonamides is 1. The topological polar surface area (TPSA) is 46.2 Å². The normalized spacial score (nSPS) is 13.3. The average Bonchev–Trinajstić information content (AvgIpc) is 2.78. The van der Waals surface area contributed by atoms with Crippen molar-refractivity contribution in [2.24, 2.45) is 0 Å². The van der Waals surface area contributed by atoms with E-state index in [0.29, 0.717) is 10.8 Å². The van der Waals surface area contributed by atoms with Crippen LogP contribution in [0.15, 0.2) is 44.4 Å². The predicted molar refractivity (Wildman–Crippen MR) is 86.8 cm³/mol. The molecule has 1 aromatic carbocycles. The second kappa shape index (κ2) is 6.39. The first kappa shape index (κ1) is 15.7. The maximum absolute atomic E-state index is 12.2. The van der Waals surface area contributed by atoms with Crippen LogP contribution in [0.3, 0.4) is 0 Å². The van der Waals surface area contributed by atoms with Crippen LogP contribution in [-0.2, 0) is 10.0 Å². The molecule has 2 aromatic rings. The first-order valence-electron chi connectivity index (χ1n) is 6.20. The van der Waals surface area contributed by atoms with Gasteiger partial charge in [0.2, 0.25) is 10.0 Å². The first-order valence-corrected chi connectivity index (χ1v) is 9.30. The highest BCUT2D eigenvalue weighted by atomic mass is 79.9. The Hall–Kier alpha value is -0.690. The molecule has 6 heteroatoms. The Kier molecular flexibility index (Phi) is 5.01. The maximum atomic E-state index is 12.2. The van der Waals surface area contributed by atoms with E-state index >= 15 is 0 Å². The molecule has 0 saturated carbocycles. The van der Waals surface area contributed by atoms with E-state index in [4.69, 9.17) is 0 Å². The minimum absolute atomic E-state index is 0.135. The van der Waals surface area contributed by atoms with Crippen LogP contribution in [0.1, 0.15) is 24.0 Å². The summed E-state index contributed by atoms with van der Waals surface area (Å²) in [6.45, 7) is 4.28. The average molecular weight is 374 g/mol. The van der Waals surface area contributed by atoms with E-state index in [-0.39, 0.29) is 5.92 Å². The van der Waals surface area contributed by atoms with Gasteiger partial charge in [0.25, 0.3) is 0 Å². The molecule has 1 unspecified atom stereocenters. The van der Waals surface area contributed by atoms with E-state index in [1.165, 1.54) is 11.3 Å². The molecule has 2 rings (SSSR count). The van der Waals surface area contributed by atoms with Gasteiger partial charge >= 0.3 is 0 Å². The fourth-order valence-corrected chi connectivity index (χ4v) is 5.17. The molecule has 0 spiro atoms. The van der Waals surface area contributed by atoms with Crippen molar-refractivity contribution < 1.29 is 8.42 Å². The quantitative estimate of drug-likeness (QED) is 0.863. The lowest BCUT2D eigenvalue weighted by Crippen LogP contribution is -2.27. The van der Waals surface area contributed by atoms with Gasteiger partial charge < -0.3 is 0 Å². The van der Waals surface area contributed by atoms with E-state index < -0.39 is 10.0 Å². The number of halogens is 1. The van der Waals surface area contributed by atoms with Gasteiger partial charge in [0, 0.05) is 6.54 Å². The zero-order valence-corrected chi connectivity index (χ0v) is 14.5. The lowest BCUT2D eigenvalue weighted by molar-refractivity contribution is 0.577. The van der Waals surface area contributed by atoms with Gasteiger partial charge in [-0.1, -0.05) is 37.3 Å². The van der Waals surface area contributed by atoms with Gasteiger partial charge in [-0.25, -0.2) is 13.1 Å². The predicted octanol–water partition coefficient (Wildman–Crippen LogP) is 3.90. The molecule has 0 radical (unpaired) electrons. The zero-order valence-electron chi connectivity index (χ0n) is 11.3. The van der Waals surface area contributed by atoms with E-state index in [1.54, 1.807) is 6.07 Å². The molecule has 0 amide bonds. The largest absolute Gasteiger partial charge is 0.250 e. The molecule has 0 bridgehead atoms. The highest BCUT2D eigenvalue weighted by molar-refractivity contribution is 9.11. The number of thiophene rings is 1. The van der Waals surface area contributed by atoms with E-state index in [9.17, 15) is 8.42 Å². The van der Waals surface area contributed by atoms with Gasteiger partial charge in [0.15, 0.2) is 0 Å². The number of hydrogen-bond acceptors (Lipinski definition) is 3. The van der Waals surface area contributed by atoms with E-state index in [1.807, 2.05) is 44.2 Å². The Labute approximate surface area is 132 Å². The molecular weight excluding hydrogens is 358 g/mol. The summed E-state index contributed by atoms with van der Waals surface area (Å²) in [7, 11) is -3.43. The van der Waals surface area contributed by atoms with Crippen molar-refractivity contribution in [1.82, 2.24) is 4.72 Å². The van der Waals surface area contributed by atoms with Crippen molar-refractivity contribution in [3.63, 3.8) is 0 Å². The molecule has 0 aliphatic carbocycles. The third-order valence-electron chi connectivity index (χ3n) is 3.05. The molecule has 108 valence electrons. The molecule has 1 aromatic heterocycles. The van der Waals surface area contributed by atoms with Crippen molar-refractivity contribution in [3.05, 3.63) is 51.3 Å². The number of rotatable bonds is 5. The third kappa shape index (κ3) is 3.69. The maximum Gasteiger partial charge on any atom is 0.250 e. The van der Waals surface area contributed by atoms with Gasteiger partial charge in [0.05, 0.1) is 3.79 Å². The van der Waals surface area contributed by atoms with Crippen molar-refractivity contribution in [1.29, 1.82) is 0 Å². The van der Waals surface area contributed by atoms with Gasteiger partial charge in [-0.3, -0.25) is 0 Å². The summed E-state index contributed by atoms with van der Waals surface area (Å²) in [4.78, 5) is 0. The Balaban J connectivity index is 2.06. The van der Waals surface area contributed by atoms with Crippen molar-refractivity contribution >= 4 is 37.3 Å². The molecule has 3 nitrogen and oxygen atoms in total. The summed E-state index contributed by atoms with van der Waals surface area (Å²) in [6, 6.07) is 11.6. The second-order valence-corrected chi connectivity index (χ2v) is 9.05. The Morgan fingerprint density at radius 2 is 1.95 bits per heavy atom. The lowest BCUT2D eigenvalue weighted by Gasteiger charge is -2.12. The van der Waals surface area contributed by atoms with Crippen LogP contribution >= 0.6 is 27.3 Å². The lowest BCUT2D eigenvalue weighted by atomic mass is 10.0. The van der Waals surface area contributed by atoms with Crippen LogP contribution in [0.4, 0.5) is 0 Å². The monoisotopic (exact) mass is 373 g/mol. The van der Waals surface area contributed by atoms with Crippen molar-refractivity contribution in [2.45, 2.75) is 24.0 Å². The highest BCUT2D eigenvalue weighted by Crippen LogP contribution is 2.30. The molecule has 0 fully saturated rings. The number of nitrogens with one attached hydrogen (secondary N) is 1. The summed E-state index contributed by atoms with van der Waals surface area (Å²) < 4.78 is 28.3. The molecular formula is C14H16BrNO2S2. The summed E-state index contributed by atoms with van der Waals surface area (Å²) in [5.41, 5.74) is 2.06. The molecule has 1 atom stereocenters. The summed E-state index contributed by atoms with van der Waals surface area (Å²) in [5, 5.41) is 0. The Morgan fingerprint density at radius 1 is 1.30 bits per heavy atom. The number of aryl methyl sites for hydroxylation is 1. The third-order valence-corrected chi connectivity index (χ3v) is 7.08. The van der Waals surface area contributed by atoms with Crippen LogP contribution in [-0.4, -0.2) is 15.0 Å².